The zero-order chi connectivity index (χ0) is 8.98. The Balaban J connectivity index is 2.27. The fraction of sp³-hybridized carbons (Fsp3) is 0.800. The Bertz CT molecular complexity index is 236. The van der Waals surface area contributed by atoms with Gasteiger partial charge in [0, 0.05) is 7.11 Å². The van der Waals surface area contributed by atoms with E-state index in [9.17, 15) is 0 Å². The van der Waals surface area contributed by atoms with Crippen molar-refractivity contribution in [1.82, 2.24) is 0 Å². The Hall–Kier alpha value is -0.340. The summed E-state index contributed by atoms with van der Waals surface area (Å²) in [6.07, 6.45) is 2.41. The maximum absolute atomic E-state index is 5.62. The molecule has 2 nitrogen and oxygen atoms in total. The van der Waals surface area contributed by atoms with Crippen molar-refractivity contribution in [3.05, 3.63) is 12.2 Å². The third-order valence-corrected chi connectivity index (χ3v) is 3.39. The molecule has 0 amide bonds. The van der Waals surface area contributed by atoms with Crippen molar-refractivity contribution in [3.63, 3.8) is 0 Å². The molecule has 0 bridgehead atoms. The molecular formula is C10H16O2. The minimum Gasteiger partial charge on any atom is -0.371 e. The Labute approximate surface area is 73.5 Å². The molecule has 68 valence electrons. The van der Waals surface area contributed by atoms with Crippen molar-refractivity contribution in [2.45, 2.75) is 44.0 Å². The molecule has 1 saturated heterocycles. The molecule has 2 fully saturated rings. The molecule has 12 heavy (non-hydrogen) atoms. The molecule has 2 aliphatic rings. The SMILES string of the molecule is C=C(C)[C@@]1(OC)CC[C@]2(C)OC12. The molecule has 1 aliphatic heterocycles. The van der Waals surface area contributed by atoms with Gasteiger partial charge in [0.2, 0.25) is 0 Å². The normalized spacial score (nSPS) is 50.4. The highest BCUT2D eigenvalue weighted by Crippen LogP contribution is 2.58. The first kappa shape index (κ1) is 8.27. The number of epoxide rings is 1. The van der Waals surface area contributed by atoms with E-state index in [1.54, 1.807) is 7.11 Å². The van der Waals surface area contributed by atoms with E-state index in [1.807, 2.05) is 6.92 Å². The van der Waals surface area contributed by atoms with Gasteiger partial charge >= 0.3 is 0 Å². The molecule has 2 heteroatoms. The van der Waals surface area contributed by atoms with E-state index >= 15 is 0 Å². The van der Waals surface area contributed by atoms with Gasteiger partial charge in [-0.1, -0.05) is 6.58 Å². The standard InChI is InChI=1S/C10H16O2/c1-7(2)10(11-4)6-5-9(3)8(10)12-9/h8H,1,5-6H2,2-4H3/t8?,9-,10-/m0/s1. The quantitative estimate of drug-likeness (QED) is 0.464. The fourth-order valence-electron chi connectivity index (χ4n) is 2.40. The monoisotopic (exact) mass is 168 g/mol. The van der Waals surface area contributed by atoms with Crippen LogP contribution in [0, 0.1) is 0 Å². The summed E-state index contributed by atoms with van der Waals surface area (Å²) in [6.45, 7) is 8.16. The number of rotatable bonds is 2. The highest BCUT2D eigenvalue weighted by molar-refractivity contribution is 5.28. The van der Waals surface area contributed by atoms with Crippen LogP contribution in [0.4, 0.5) is 0 Å². The zero-order valence-electron chi connectivity index (χ0n) is 8.02. The van der Waals surface area contributed by atoms with Crippen LogP contribution in [0.3, 0.4) is 0 Å². The summed E-state index contributed by atoms with van der Waals surface area (Å²) in [7, 11) is 1.75. The molecule has 0 N–H and O–H groups in total. The molecule has 1 saturated carbocycles. The predicted octanol–water partition coefficient (Wildman–Crippen LogP) is 1.90. The summed E-state index contributed by atoms with van der Waals surface area (Å²) in [6, 6.07) is 0. The van der Waals surface area contributed by atoms with Gasteiger partial charge in [0.15, 0.2) is 0 Å². The molecule has 1 aliphatic carbocycles. The molecule has 1 heterocycles. The highest BCUT2D eigenvalue weighted by atomic mass is 16.6. The number of hydrogen-bond acceptors (Lipinski definition) is 2. The van der Waals surface area contributed by atoms with Crippen LogP contribution in [0.15, 0.2) is 12.2 Å². The maximum Gasteiger partial charge on any atom is 0.120 e. The smallest absolute Gasteiger partial charge is 0.120 e. The Morgan fingerprint density at radius 3 is 2.42 bits per heavy atom. The van der Waals surface area contributed by atoms with Crippen molar-refractivity contribution in [2.24, 2.45) is 0 Å². The van der Waals surface area contributed by atoms with Gasteiger partial charge in [-0.2, -0.15) is 0 Å². The number of fused-ring (bicyclic) bond motifs is 1. The van der Waals surface area contributed by atoms with Crippen LogP contribution in [0.2, 0.25) is 0 Å². The summed E-state index contributed by atoms with van der Waals surface area (Å²) in [5, 5.41) is 0. The number of methoxy groups -OCH3 is 1. The minimum absolute atomic E-state index is 0.0922. The first-order valence-electron chi connectivity index (χ1n) is 4.44. The summed E-state index contributed by atoms with van der Waals surface area (Å²) >= 11 is 0. The van der Waals surface area contributed by atoms with Gasteiger partial charge < -0.3 is 9.47 Å². The lowest BCUT2D eigenvalue weighted by Gasteiger charge is -2.28. The van der Waals surface area contributed by atoms with Gasteiger partial charge in [0.1, 0.15) is 11.7 Å². The minimum atomic E-state index is -0.186. The van der Waals surface area contributed by atoms with Crippen molar-refractivity contribution < 1.29 is 9.47 Å². The number of hydrogen-bond donors (Lipinski definition) is 0. The van der Waals surface area contributed by atoms with E-state index in [0.717, 1.165) is 18.4 Å². The van der Waals surface area contributed by atoms with Crippen molar-refractivity contribution >= 4 is 0 Å². The molecule has 3 atom stereocenters. The van der Waals surface area contributed by atoms with Gasteiger partial charge in [-0.3, -0.25) is 0 Å². The van der Waals surface area contributed by atoms with Crippen LogP contribution in [0.5, 0.6) is 0 Å². The summed E-state index contributed by atoms with van der Waals surface area (Å²) in [5.74, 6) is 0. The average Bonchev–Trinajstić information content (AvgIpc) is 2.59. The molecule has 0 aromatic carbocycles. The molecule has 0 radical (unpaired) electrons. The second-order valence-corrected chi connectivity index (χ2v) is 4.18. The van der Waals surface area contributed by atoms with Gasteiger partial charge in [-0.05, 0) is 32.3 Å². The third-order valence-electron chi connectivity index (χ3n) is 3.39. The largest absolute Gasteiger partial charge is 0.371 e. The van der Waals surface area contributed by atoms with Gasteiger partial charge in [-0.25, -0.2) is 0 Å². The van der Waals surface area contributed by atoms with E-state index in [4.69, 9.17) is 9.47 Å². The van der Waals surface area contributed by atoms with E-state index in [-0.39, 0.29) is 17.3 Å². The van der Waals surface area contributed by atoms with Crippen LogP contribution >= 0.6 is 0 Å². The predicted molar refractivity (Wildman–Crippen MR) is 47.1 cm³/mol. The van der Waals surface area contributed by atoms with E-state index in [0.29, 0.717) is 0 Å². The molecule has 1 unspecified atom stereocenters. The number of ether oxygens (including phenoxy) is 2. The summed E-state index contributed by atoms with van der Waals surface area (Å²) in [5.41, 5.74) is 1.00. The first-order chi connectivity index (χ1) is 5.55. The van der Waals surface area contributed by atoms with E-state index < -0.39 is 0 Å². The molecule has 0 aromatic rings. The van der Waals surface area contributed by atoms with Crippen LogP contribution in [-0.4, -0.2) is 24.4 Å². The fourth-order valence-corrected chi connectivity index (χ4v) is 2.40. The van der Waals surface area contributed by atoms with E-state index in [2.05, 4.69) is 13.5 Å². The second-order valence-electron chi connectivity index (χ2n) is 4.18. The Morgan fingerprint density at radius 1 is 1.58 bits per heavy atom. The van der Waals surface area contributed by atoms with Crippen molar-refractivity contribution in [1.29, 1.82) is 0 Å². The van der Waals surface area contributed by atoms with Gasteiger partial charge in [-0.15, -0.1) is 0 Å². The zero-order valence-corrected chi connectivity index (χ0v) is 8.02. The first-order valence-corrected chi connectivity index (χ1v) is 4.44. The Morgan fingerprint density at radius 2 is 2.25 bits per heavy atom. The second kappa shape index (κ2) is 2.12. The lowest BCUT2D eigenvalue weighted by molar-refractivity contribution is -0.00888. The Kier molecular flexibility index (Phi) is 1.46. The van der Waals surface area contributed by atoms with Crippen LogP contribution in [-0.2, 0) is 9.47 Å². The highest BCUT2D eigenvalue weighted by Gasteiger charge is 2.69. The molecular weight excluding hydrogens is 152 g/mol. The molecule has 0 spiro atoms. The van der Waals surface area contributed by atoms with Crippen molar-refractivity contribution in [2.75, 3.05) is 7.11 Å². The molecule has 0 aromatic heterocycles. The average molecular weight is 168 g/mol. The van der Waals surface area contributed by atoms with E-state index in [1.165, 1.54) is 0 Å². The van der Waals surface area contributed by atoms with Crippen LogP contribution in [0.25, 0.3) is 0 Å². The molecule has 2 rings (SSSR count). The topological polar surface area (TPSA) is 21.8 Å². The third kappa shape index (κ3) is 0.771. The lowest BCUT2D eigenvalue weighted by Crippen LogP contribution is -2.36. The van der Waals surface area contributed by atoms with Crippen molar-refractivity contribution in [3.8, 4) is 0 Å². The van der Waals surface area contributed by atoms with Crippen LogP contribution < -0.4 is 0 Å². The summed E-state index contributed by atoms with van der Waals surface area (Å²) in [4.78, 5) is 0. The van der Waals surface area contributed by atoms with Crippen LogP contribution in [0.1, 0.15) is 26.7 Å². The maximum atomic E-state index is 5.62. The van der Waals surface area contributed by atoms with Gasteiger partial charge in [0.05, 0.1) is 5.60 Å². The summed E-state index contributed by atoms with van der Waals surface area (Å²) < 4.78 is 11.2. The van der Waals surface area contributed by atoms with Gasteiger partial charge in [0.25, 0.3) is 0 Å². The lowest BCUT2D eigenvalue weighted by atomic mass is 9.92.